The van der Waals surface area contributed by atoms with Crippen LogP contribution in [-0.4, -0.2) is 41.1 Å². The van der Waals surface area contributed by atoms with Crippen molar-refractivity contribution in [2.75, 3.05) is 25.0 Å². The van der Waals surface area contributed by atoms with Gasteiger partial charge in [-0.3, -0.25) is 4.90 Å². The van der Waals surface area contributed by atoms with E-state index in [0.29, 0.717) is 12.0 Å². The van der Waals surface area contributed by atoms with Gasteiger partial charge in [-0.25, -0.2) is 0 Å². The van der Waals surface area contributed by atoms with Crippen LogP contribution < -0.4 is 0 Å². The molecule has 0 heterocycles. The molecule has 0 aromatic heterocycles. The standard InChI is InChI=1S/C16H30BrNO/c17-13-16(9-5-2-6-10-16)14-18(11-12-19)15-7-3-1-4-8-15/h15,19H,1-14H2. The van der Waals surface area contributed by atoms with Crippen LogP contribution in [0.4, 0.5) is 0 Å². The van der Waals surface area contributed by atoms with Gasteiger partial charge in [-0.2, -0.15) is 0 Å². The van der Waals surface area contributed by atoms with Gasteiger partial charge in [0.1, 0.15) is 0 Å². The van der Waals surface area contributed by atoms with Gasteiger partial charge in [0.25, 0.3) is 0 Å². The fourth-order valence-electron chi connectivity index (χ4n) is 4.03. The van der Waals surface area contributed by atoms with E-state index in [2.05, 4.69) is 20.8 Å². The fourth-order valence-corrected chi connectivity index (χ4v) is 4.77. The Labute approximate surface area is 127 Å². The number of hydrogen-bond acceptors (Lipinski definition) is 2. The smallest absolute Gasteiger partial charge is 0.0558 e. The maximum Gasteiger partial charge on any atom is 0.0558 e. The second-order valence-electron chi connectivity index (χ2n) is 6.68. The Hall–Kier alpha value is 0.400. The minimum Gasteiger partial charge on any atom is -0.395 e. The van der Waals surface area contributed by atoms with Crippen LogP contribution in [0.1, 0.15) is 64.2 Å². The van der Waals surface area contributed by atoms with E-state index in [9.17, 15) is 5.11 Å². The summed E-state index contributed by atoms with van der Waals surface area (Å²) in [6, 6.07) is 0.735. The van der Waals surface area contributed by atoms with Crippen LogP contribution in [0, 0.1) is 5.41 Å². The van der Waals surface area contributed by atoms with E-state index in [-0.39, 0.29) is 0 Å². The fraction of sp³-hybridized carbons (Fsp3) is 1.00. The third-order valence-corrected chi connectivity index (χ3v) is 6.40. The lowest BCUT2D eigenvalue weighted by Crippen LogP contribution is -2.47. The number of hydrogen-bond donors (Lipinski definition) is 1. The molecule has 2 fully saturated rings. The van der Waals surface area contributed by atoms with E-state index >= 15 is 0 Å². The molecule has 0 amide bonds. The summed E-state index contributed by atoms with van der Waals surface area (Å²) in [5.41, 5.74) is 0.477. The van der Waals surface area contributed by atoms with E-state index in [1.54, 1.807) is 0 Å². The van der Waals surface area contributed by atoms with E-state index in [0.717, 1.165) is 17.9 Å². The minimum atomic E-state index is 0.314. The molecule has 1 N–H and O–H groups in total. The normalized spacial score (nSPS) is 24.8. The lowest BCUT2D eigenvalue weighted by atomic mass is 9.75. The molecular weight excluding hydrogens is 302 g/mol. The molecule has 2 rings (SSSR count). The van der Waals surface area contributed by atoms with Crippen LogP contribution in [0.5, 0.6) is 0 Å². The zero-order valence-corrected chi connectivity index (χ0v) is 13.8. The minimum absolute atomic E-state index is 0.314. The van der Waals surface area contributed by atoms with Gasteiger partial charge in [0.05, 0.1) is 6.61 Å². The number of halogens is 1. The van der Waals surface area contributed by atoms with Crippen molar-refractivity contribution in [3.05, 3.63) is 0 Å². The Morgan fingerprint density at radius 3 is 2.21 bits per heavy atom. The first-order valence-corrected chi connectivity index (χ1v) is 9.33. The van der Waals surface area contributed by atoms with Crippen LogP contribution in [0.15, 0.2) is 0 Å². The van der Waals surface area contributed by atoms with Crippen molar-refractivity contribution in [3.8, 4) is 0 Å². The molecule has 112 valence electrons. The van der Waals surface area contributed by atoms with Gasteiger partial charge in [0, 0.05) is 24.5 Å². The predicted octanol–water partition coefficient (Wildman–Crippen LogP) is 3.96. The average molecular weight is 332 g/mol. The topological polar surface area (TPSA) is 23.5 Å². The molecule has 2 saturated carbocycles. The van der Waals surface area contributed by atoms with E-state index in [1.807, 2.05) is 0 Å². The SMILES string of the molecule is OCCN(CC1(CBr)CCCCC1)C1CCCCC1. The number of nitrogens with zero attached hydrogens (tertiary/aromatic N) is 1. The molecule has 0 spiro atoms. The summed E-state index contributed by atoms with van der Waals surface area (Å²) in [6.45, 7) is 2.39. The summed E-state index contributed by atoms with van der Waals surface area (Å²) < 4.78 is 0. The van der Waals surface area contributed by atoms with Gasteiger partial charge < -0.3 is 5.11 Å². The Kier molecular flexibility index (Phi) is 6.64. The Balaban J connectivity index is 1.96. The molecule has 0 aromatic rings. The zero-order chi connectivity index (χ0) is 13.6. The highest BCUT2D eigenvalue weighted by atomic mass is 79.9. The quantitative estimate of drug-likeness (QED) is 0.744. The highest BCUT2D eigenvalue weighted by Gasteiger charge is 2.34. The lowest BCUT2D eigenvalue weighted by molar-refractivity contribution is 0.0614. The largest absolute Gasteiger partial charge is 0.395 e. The monoisotopic (exact) mass is 331 g/mol. The molecule has 0 aliphatic heterocycles. The maximum absolute atomic E-state index is 9.40. The number of aliphatic hydroxyl groups is 1. The molecule has 2 aliphatic rings. The molecule has 3 heteroatoms. The Bertz CT molecular complexity index is 247. The Morgan fingerprint density at radius 1 is 1.00 bits per heavy atom. The van der Waals surface area contributed by atoms with E-state index < -0.39 is 0 Å². The summed E-state index contributed by atoms with van der Waals surface area (Å²) in [5.74, 6) is 0. The molecular formula is C16H30BrNO. The molecule has 19 heavy (non-hydrogen) atoms. The highest BCUT2D eigenvalue weighted by Crippen LogP contribution is 2.39. The zero-order valence-electron chi connectivity index (χ0n) is 12.2. The molecule has 0 atom stereocenters. The molecule has 2 aliphatic carbocycles. The highest BCUT2D eigenvalue weighted by molar-refractivity contribution is 9.09. The van der Waals surface area contributed by atoms with E-state index in [4.69, 9.17) is 0 Å². The Morgan fingerprint density at radius 2 is 1.63 bits per heavy atom. The van der Waals surface area contributed by atoms with Crippen molar-refractivity contribution < 1.29 is 5.11 Å². The summed E-state index contributed by atoms with van der Waals surface area (Å²) in [5, 5.41) is 10.5. The molecule has 0 bridgehead atoms. The summed E-state index contributed by atoms with van der Waals surface area (Å²) in [7, 11) is 0. The molecule has 2 nitrogen and oxygen atoms in total. The van der Waals surface area contributed by atoms with Crippen molar-refractivity contribution in [3.63, 3.8) is 0 Å². The van der Waals surface area contributed by atoms with Gasteiger partial charge in [-0.05, 0) is 31.1 Å². The predicted molar refractivity (Wildman–Crippen MR) is 84.8 cm³/mol. The van der Waals surface area contributed by atoms with Crippen LogP contribution in [0.3, 0.4) is 0 Å². The van der Waals surface area contributed by atoms with Crippen molar-refractivity contribution in [2.24, 2.45) is 5.41 Å². The van der Waals surface area contributed by atoms with Crippen molar-refractivity contribution in [2.45, 2.75) is 70.3 Å². The van der Waals surface area contributed by atoms with Crippen molar-refractivity contribution >= 4 is 15.9 Å². The second kappa shape index (κ2) is 7.99. The molecule has 0 aromatic carbocycles. The third kappa shape index (κ3) is 4.44. The van der Waals surface area contributed by atoms with Crippen LogP contribution in [0.25, 0.3) is 0 Å². The summed E-state index contributed by atoms with van der Waals surface area (Å²) in [6.07, 6.45) is 13.8. The second-order valence-corrected chi connectivity index (χ2v) is 7.24. The van der Waals surface area contributed by atoms with Gasteiger partial charge in [0.2, 0.25) is 0 Å². The number of aliphatic hydroxyl groups excluding tert-OH is 1. The van der Waals surface area contributed by atoms with E-state index in [1.165, 1.54) is 70.8 Å². The number of alkyl halides is 1. The maximum atomic E-state index is 9.40. The molecule has 0 radical (unpaired) electrons. The van der Waals surface area contributed by atoms with Gasteiger partial charge >= 0.3 is 0 Å². The van der Waals surface area contributed by atoms with Gasteiger partial charge in [-0.15, -0.1) is 0 Å². The number of rotatable bonds is 6. The van der Waals surface area contributed by atoms with Crippen molar-refractivity contribution in [1.29, 1.82) is 0 Å². The van der Waals surface area contributed by atoms with Crippen molar-refractivity contribution in [1.82, 2.24) is 4.90 Å². The van der Waals surface area contributed by atoms with Crippen LogP contribution in [0.2, 0.25) is 0 Å². The average Bonchev–Trinajstić information content (AvgIpc) is 2.49. The van der Waals surface area contributed by atoms with Crippen LogP contribution >= 0.6 is 15.9 Å². The van der Waals surface area contributed by atoms with Gasteiger partial charge in [-0.1, -0.05) is 54.5 Å². The molecule has 0 saturated heterocycles. The lowest BCUT2D eigenvalue weighted by Gasteiger charge is -2.43. The summed E-state index contributed by atoms with van der Waals surface area (Å²) >= 11 is 3.78. The molecule has 0 unspecified atom stereocenters. The van der Waals surface area contributed by atoms with Gasteiger partial charge in [0.15, 0.2) is 0 Å². The first-order valence-electron chi connectivity index (χ1n) is 8.20. The summed E-state index contributed by atoms with van der Waals surface area (Å²) in [4.78, 5) is 2.62. The first-order chi connectivity index (χ1) is 9.29. The third-order valence-electron chi connectivity index (χ3n) is 5.21. The van der Waals surface area contributed by atoms with Crippen LogP contribution in [-0.2, 0) is 0 Å². The first kappa shape index (κ1) is 15.8.